The number of hydrogen-bond donors (Lipinski definition) is 1. The molecule has 1 atom stereocenters. The van der Waals surface area contributed by atoms with Crippen LogP contribution in [0.5, 0.6) is 0 Å². The van der Waals surface area contributed by atoms with Crippen LogP contribution in [0.2, 0.25) is 0 Å². The predicted octanol–water partition coefficient (Wildman–Crippen LogP) is 1.30. The van der Waals surface area contributed by atoms with Crippen LogP contribution in [0.15, 0.2) is 0 Å². The van der Waals surface area contributed by atoms with Crippen molar-refractivity contribution in [3.63, 3.8) is 0 Å². The van der Waals surface area contributed by atoms with Gasteiger partial charge in [0.25, 0.3) is 0 Å². The van der Waals surface area contributed by atoms with Crippen molar-refractivity contribution in [2.75, 3.05) is 33.7 Å². The topological polar surface area (TPSA) is 49.6 Å². The minimum atomic E-state index is 0.00719. The van der Waals surface area contributed by atoms with Gasteiger partial charge in [-0.1, -0.05) is 19.8 Å². The first-order chi connectivity index (χ1) is 8.60. The standard InChI is InChI=1S/C14H29N3O/c1-4-12(11-15)14(18)17(10-9-16(2)3)13-7-5-6-8-13/h12-13H,4-11,15H2,1-3H3. The third-order valence-electron chi connectivity index (χ3n) is 3.96. The number of rotatable bonds is 7. The number of hydrogen-bond acceptors (Lipinski definition) is 3. The summed E-state index contributed by atoms with van der Waals surface area (Å²) in [7, 11) is 4.11. The molecule has 0 saturated heterocycles. The monoisotopic (exact) mass is 255 g/mol. The first-order valence-corrected chi connectivity index (χ1v) is 7.25. The Labute approximate surface area is 111 Å². The number of carbonyl (C=O) groups is 1. The molecule has 0 bridgehead atoms. The molecule has 0 aromatic heterocycles. The summed E-state index contributed by atoms with van der Waals surface area (Å²) >= 11 is 0. The predicted molar refractivity (Wildman–Crippen MR) is 75.4 cm³/mol. The second kappa shape index (κ2) is 7.74. The smallest absolute Gasteiger partial charge is 0.227 e. The Morgan fingerprint density at radius 3 is 2.33 bits per heavy atom. The summed E-state index contributed by atoms with van der Waals surface area (Å²) < 4.78 is 0. The molecule has 1 fully saturated rings. The van der Waals surface area contributed by atoms with E-state index in [1.807, 2.05) is 6.92 Å². The second-order valence-corrected chi connectivity index (χ2v) is 5.61. The van der Waals surface area contributed by atoms with Crippen LogP contribution < -0.4 is 5.73 Å². The van der Waals surface area contributed by atoms with Crippen LogP contribution in [0, 0.1) is 5.92 Å². The zero-order chi connectivity index (χ0) is 13.5. The van der Waals surface area contributed by atoms with E-state index >= 15 is 0 Å². The van der Waals surface area contributed by atoms with Gasteiger partial charge in [-0.3, -0.25) is 4.79 Å². The SMILES string of the molecule is CCC(CN)C(=O)N(CCN(C)C)C1CCCC1. The fourth-order valence-corrected chi connectivity index (χ4v) is 2.67. The molecule has 2 N–H and O–H groups in total. The fourth-order valence-electron chi connectivity index (χ4n) is 2.67. The molecule has 106 valence electrons. The summed E-state index contributed by atoms with van der Waals surface area (Å²) in [6.07, 6.45) is 5.70. The van der Waals surface area contributed by atoms with E-state index < -0.39 is 0 Å². The third kappa shape index (κ3) is 4.25. The van der Waals surface area contributed by atoms with Crippen molar-refractivity contribution in [2.24, 2.45) is 11.7 Å². The summed E-state index contributed by atoms with van der Waals surface area (Å²) in [6.45, 7) is 4.30. The van der Waals surface area contributed by atoms with E-state index in [4.69, 9.17) is 5.73 Å². The molecule has 4 nitrogen and oxygen atoms in total. The molecule has 0 aromatic rings. The highest BCUT2D eigenvalue weighted by atomic mass is 16.2. The summed E-state index contributed by atoms with van der Waals surface area (Å²) in [5.41, 5.74) is 5.72. The fraction of sp³-hybridized carbons (Fsp3) is 0.929. The van der Waals surface area contributed by atoms with Crippen LogP contribution in [0.4, 0.5) is 0 Å². The Bertz CT molecular complexity index is 245. The van der Waals surface area contributed by atoms with Crippen LogP contribution in [-0.2, 0) is 4.79 Å². The van der Waals surface area contributed by atoms with Gasteiger partial charge in [0.1, 0.15) is 0 Å². The maximum atomic E-state index is 12.5. The number of amides is 1. The van der Waals surface area contributed by atoms with Gasteiger partial charge in [0.2, 0.25) is 5.91 Å². The van der Waals surface area contributed by atoms with Crippen molar-refractivity contribution in [3.8, 4) is 0 Å². The Morgan fingerprint density at radius 2 is 1.89 bits per heavy atom. The van der Waals surface area contributed by atoms with Gasteiger partial charge in [-0.25, -0.2) is 0 Å². The van der Waals surface area contributed by atoms with E-state index in [1.54, 1.807) is 0 Å². The van der Waals surface area contributed by atoms with E-state index in [-0.39, 0.29) is 11.8 Å². The maximum Gasteiger partial charge on any atom is 0.227 e. The number of likely N-dealkylation sites (N-methyl/N-ethyl adjacent to an activating group) is 1. The minimum absolute atomic E-state index is 0.00719. The molecule has 18 heavy (non-hydrogen) atoms. The highest BCUT2D eigenvalue weighted by Crippen LogP contribution is 2.25. The number of carbonyl (C=O) groups excluding carboxylic acids is 1. The van der Waals surface area contributed by atoms with Crippen LogP contribution in [0.1, 0.15) is 39.0 Å². The highest BCUT2D eigenvalue weighted by Gasteiger charge is 2.29. The first kappa shape index (κ1) is 15.4. The molecular weight excluding hydrogens is 226 g/mol. The van der Waals surface area contributed by atoms with Crippen LogP contribution in [0.25, 0.3) is 0 Å². The van der Waals surface area contributed by atoms with E-state index in [2.05, 4.69) is 23.9 Å². The van der Waals surface area contributed by atoms with Crippen LogP contribution in [0.3, 0.4) is 0 Å². The summed E-state index contributed by atoms with van der Waals surface area (Å²) in [5.74, 6) is 0.279. The van der Waals surface area contributed by atoms with Gasteiger partial charge in [0, 0.05) is 25.7 Å². The molecular formula is C14H29N3O. The molecule has 1 rings (SSSR count). The normalized spacial score (nSPS) is 18.3. The Hall–Kier alpha value is -0.610. The van der Waals surface area contributed by atoms with Gasteiger partial charge in [-0.15, -0.1) is 0 Å². The lowest BCUT2D eigenvalue weighted by Crippen LogP contribution is -2.46. The van der Waals surface area contributed by atoms with Gasteiger partial charge >= 0.3 is 0 Å². The van der Waals surface area contributed by atoms with Crippen molar-refractivity contribution in [2.45, 2.75) is 45.1 Å². The Balaban J connectivity index is 2.65. The van der Waals surface area contributed by atoms with E-state index in [9.17, 15) is 4.79 Å². The molecule has 0 aromatic carbocycles. The molecule has 0 radical (unpaired) electrons. The van der Waals surface area contributed by atoms with E-state index in [1.165, 1.54) is 25.7 Å². The molecule has 0 heterocycles. The van der Waals surface area contributed by atoms with Gasteiger partial charge in [0.15, 0.2) is 0 Å². The van der Waals surface area contributed by atoms with Crippen molar-refractivity contribution in [3.05, 3.63) is 0 Å². The van der Waals surface area contributed by atoms with Crippen molar-refractivity contribution >= 4 is 5.91 Å². The molecule has 1 aliphatic carbocycles. The number of nitrogens with two attached hydrogens (primary N) is 1. The highest BCUT2D eigenvalue weighted by molar-refractivity contribution is 5.79. The van der Waals surface area contributed by atoms with Gasteiger partial charge in [-0.05, 0) is 33.4 Å². The lowest BCUT2D eigenvalue weighted by Gasteiger charge is -2.32. The molecule has 1 unspecified atom stereocenters. The molecule has 0 aliphatic heterocycles. The number of nitrogens with zero attached hydrogens (tertiary/aromatic N) is 2. The molecule has 4 heteroatoms. The zero-order valence-electron chi connectivity index (χ0n) is 12.2. The van der Waals surface area contributed by atoms with E-state index in [0.717, 1.165) is 19.5 Å². The minimum Gasteiger partial charge on any atom is -0.338 e. The molecule has 1 amide bonds. The lowest BCUT2D eigenvalue weighted by atomic mass is 10.0. The lowest BCUT2D eigenvalue weighted by molar-refractivity contribution is -0.137. The maximum absolute atomic E-state index is 12.5. The summed E-state index contributed by atoms with van der Waals surface area (Å²) in [5, 5.41) is 0. The van der Waals surface area contributed by atoms with Gasteiger partial charge < -0.3 is 15.5 Å². The van der Waals surface area contributed by atoms with Crippen LogP contribution in [-0.4, -0.2) is 55.5 Å². The average Bonchev–Trinajstić information content (AvgIpc) is 2.84. The Morgan fingerprint density at radius 1 is 1.28 bits per heavy atom. The van der Waals surface area contributed by atoms with Crippen molar-refractivity contribution in [1.82, 2.24) is 9.80 Å². The summed E-state index contributed by atoms with van der Waals surface area (Å²) in [4.78, 5) is 16.8. The van der Waals surface area contributed by atoms with Crippen molar-refractivity contribution in [1.29, 1.82) is 0 Å². The second-order valence-electron chi connectivity index (χ2n) is 5.61. The van der Waals surface area contributed by atoms with Gasteiger partial charge in [0.05, 0.1) is 5.92 Å². The quantitative estimate of drug-likeness (QED) is 0.746. The molecule has 0 spiro atoms. The van der Waals surface area contributed by atoms with Gasteiger partial charge in [-0.2, -0.15) is 0 Å². The average molecular weight is 255 g/mol. The largest absolute Gasteiger partial charge is 0.338 e. The Kier molecular flexibility index (Phi) is 6.65. The molecule has 1 aliphatic rings. The van der Waals surface area contributed by atoms with Crippen LogP contribution >= 0.6 is 0 Å². The third-order valence-corrected chi connectivity index (χ3v) is 3.96. The molecule has 1 saturated carbocycles. The zero-order valence-corrected chi connectivity index (χ0v) is 12.2. The van der Waals surface area contributed by atoms with E-state index in [0.29, 0.717) is 12.6 Å². The first-order valence-electron chi connectivity index (χ1n) is 7.25. The van der Waals surface area contributed by atoms with Crippen molar-refractivity contribution < 1.29 is 4.79 Å². The summed E-state index contributed by atoms with van der Waals surface area (Å²) in [6, 6.07) is 0.457.